The van der Waals surface area contributed by atoms with E-state index in [9.17, 15) is 14.0 Å². The number of Topliss-reactive ketones (excluding diaryl/α,β-unsaturated/α-hetero) is 1. The number of nitrogens with zero attached hydrogens (tertiary/aromatic N) is 6. The third-order valence-electron chi connectivity index (χ3n) is 7.03. The normalized spacial score (nSPS) is 12.5. The molecule has 0 radical (unpaired) electrons. The molecule has 2 atom stereocenters. The molecule has 0 aliphatic carbocycles. The number of hydrogen-bond donors (Lipinski definition) is 3. The summed E-state index contributed by atoms with van der Waals surface area (Å²) in [6.45, 7) is 8.94. The lowest BCUT2D eigenvalue weighted by Gasteiger charge is -2.21. The maximum Gasteiger partial charge on any atom is 0.408 e. The Labute approximate surface area is 276 Å². The minimum atomic E-state index is -0.600. The molecule has 3 N–H and O–H groups in total. The number of aromatic nitrogens is 7. The van der Waals surface area contributed by atoms with Gasteiger partial charge in [0.1, 0.15) is 23.3 Å². The first-order valence-electron chi connectivity index (χ1n) is 15.3. The molecule has 5 aromatic heterocycles. The van der Waals surface area contributed by atoms with E-state index in [0.717, 1.165) is 27.9 Å². The van der Waals surface area contributed by atoms with Crippen LogP contribution in [0.4, 0.5) is 15.0 Å². The van der Waals surface area contributed by atoms with E-state index in [-0.39, 0.29) is 24.1 Å². The Morgan fingerprint density at radius 1 is 0.938 bits per heavy atom. The Balaban J connectivity index is 0.000000207. The highest BCUT2D eigenvalue weighted by Gasteiger charge is 2.21. The van der Waals surface area contributed by atoms with Gasteiger partial charge in [0.05, 0.1) is 41.7 Å². The van der Waals surface area contributed by atoms with Crippen molar-refractivity contribution in [2.45, 2.75) is 58.7 Å². The number of ether oxygens (including phenoxy) is 1. The van der Waals surface area contributed by atoms with E-state index in [0.29, 0.717) is 22.7 Å². The SMILES string of the molecule is CC(NC(=O)OC(C)(C)C)C(=O)Cc1ccccn1.C[C@@H](Nc1ncnc2nc[nH]c12)c1nc2ccc(F)cc2cc1-c1ccccn1. The maximum atomic E-state index is 13.8. The molecule has 12 nitrogen and oxygen atoms in total. The second kappa shape index (κ2) is 14.7. The zero-order valence-electron chi connectivity index (χ0n) is 27.2. The summed E-state index contributed by atoms with van der Waals surface area (Å²) in [5, 5.41) is 6.63. The summed E-state index contributed by atoms with van der Waals surface area (Å²) >= 11 is 0. The lowest BCUT2D eigenvalue weighted by molar-refractivity contribution is -0.120. The smallest absolute Gasteiger partial charge is 0.408 e. The highest BCUT2D eigenvalue weighted by Crippen LogP contribution is 2.31. The van der Waals surface area contributed by atoms with Crippen molar-refractivity contribution in [1.82, 2.24) is 40.2 Å². The van der Waals surface area contributed by atoms with Gasteiger partial charge in [0.2, 0.25) is 0 Å². The fraction of sp³-hybridized carbons (Fsp3) is 0.257. The summed E-state index contributed by atoms with van der Waals surface area (Å²) in [4.78, 5) is 52.5. The van der Waals surface area contributed by atoms with Crippen molar-refractivity contribution in [3.05, 3.63) is 103 Å². The van der Waals surface area contributed by atoms with E-state index in [2.05, 4.69) is 40.5 Å². The number of anilines is 1. The molecular weight excluding hydrogens is 613 g/mol. The number of rotatable bonds is 8. The summed E-state index contributed by atoms with van der Waals surface area (Å²) in [5.74, 6) is 0.227. The van der Waals surface area contributed by atoms with Crippen molar-refractivity contribution < 1.29 is 18.7 Å². The number of imidazole rings is 1. The van der Waals surface area contributed by atoms with Gasteiger partial charge in [-0.1, -0.05) is 12.1 Å². The molecule has 1 aromatic carbocycles. The minimum absolute atomic E-state index is 0.107. The first kappa shape index (κ1) is 33.5. The fourth-order valence-corrected chi connectivity index (χ4v) is 4.77. The summed E-state index contributed by atoms with van der Waals surface area (Å²) in [7, 11) is 0. The first-order chi connectivity index (χ1) is 23.0. The number of amides is 1. The van der Waals surface area contributed by atoms with E-state index in [1.54, 1.807) is 64.6 Å². The van der Waals surface area contributed by atoms with Crippen LogP contribution in [0.25, 0.3) is 33.3 Å². The number of aromatic amines is 1. The van der Waals surface area contributed by atoms with Gasteiger partial charge in [-0.3, -0.25) is 14.8 Å². The van der Waals surface area contributed by atoms with Crippen LogP contribution in [0, 0.1) is 5.82 Å². The minimum Gasteiger partial charge on any atom is -0.444 e. The van der Waals surface area contributed by atoms with Gasteiger partial charge in [-0.2, -0.15) is 0 Å². The van der Waals surface area contributed by atoms with Crippen molar-refractivity contribution in [2.24, 2.45) is 0 Å². The van der Waals surface area contributed by atoms with E-state index < -0.39 is 17.7 Å². The third-order valence-corrected chi connectivity index (χ3v) is 7.03. The number of fused-ring (bicyclic) bond motifs is 2. The van der Waals surface area contributed by atoms with Crippen LogP contribution in [0.15, 0.2) is 85.7 Å². The molecule has 0 spiro atoms. The van der Waals surface area contributed by atoms with Crippen molar-refractivity contribution >= 4 is 39.8 Å². The molecule has 6 rings (SSSR count). The van der Waals surface area contributed by atoms with Crippen molar-refractivity contribution in [3.63, 3.8) is 0 Å². The molecule has 246 valence electrons. The monoisotopic (exact) mass is 649 g/mol. The molecule has 0 aliphatic heterocycles. The van der Waals surface area contributed by atoms with E-state index in [1.807, 2.05) is 37.3 Å². The van der Waals surface area contributed by atoms with Gasteiger partial charge in [0.25, 0.3) is 0 Å². The number of carbonyl (C=O) groups is 2. The second-order valence-electron chi connectivity index (χ2n) is 12.0. The molecule has 1 amide bonds. The maximum absolute atomic E-state index is 13.8. The molecule has 48 heavy (non-hydrogen) atoms. The number of benzene rings is 1. The van der Waals surface area contributed by atoms with Crippen molar-refractivity contribution in [2.75, 3.05) is 5.32 Å². The lowest BCUT2D eigenvalue weighted by atomic mass is 10.0. The van der Waals surface area contributed by atoms with Crippen molar-refractivity contribution in [1.29, 1.82) is 0 Å². The van der Waals surface area contributed by atoms with Crippen LogP contribution in [0.2, 0.25) is 0 Å². The Bertz CT molecular complexity index is 2020. The fourth-order valence-electron chi connectivity index (χ4n) is 4.77. The Kier molecular flexibility index (Phi) is 10.3. The lowest BCUT2D eigenvalue weighted by Crippen LogP contribution is -2.42. The van der Waals surface area contributed by atoms with Crippen LogP contribution in [0.3, 0.4) is 0 Å². The molecule has 0 saturated heterocycles. The summed E-state index contributed by atoms with van der Waals surface area (Å²) in [6.07, 6.45) is 6.01. The number of H-pyrrole nitrogens is 1. The quantitative estimate of drug-likeness (QED) is 0.169. The van der Waals surface area contributed by atoms with Crippen LogP contribution in [0.1, 0.15) is 52.0 Å². The Morgan fingerprint density at radius 3 is 2.42 bits per heavy atom. The summed E-state index contributed by atoms with van der Waals surface area (Å²) in [5.41, 5.74) is 4.52. The Morgan fingerprint density at radius 2 is 1.71 bits per heavy atom. The van der Waals surface area contributed by atoms with E-state index in [4.69, 9.17) is 9.72 Å². The van der Waals surface area contributed by atoms with Gasteiger partial charge < -0.3 is 20.4 Å². The summed E-state index contributed by atoms with van der Waals surface area (Å²) in [6, 6.07) is 16.8. The van der Waals surface area contributed by atoms with E-state index in [1.165, 1.54) is 18.5 Å². The first-order valence-corrected chi connectivity index (χ1v) is 15.3. The molecule has 13 heteroatoms. The van der Waals surface area contributed by atoms with Gasteiger partial charge in [0, 0.05) is 29.0 Å². The molecule has 6 aromatic rings. The molecule has 0 bridgehead atoms. The average molecular weight is 650 g/mol. The number of pyridine rings is 3. The predicted octanol–water partition coefficient (Wildman–Crippen LogP) is 6.38. The molecule has 5 heterocycles. The second-order valence-corrected chi connectivity index (χ2v) is 12.0. The molecule has 1 unspecified atom stereocenters. The topological polar surface area (TPSA) is 161 Å². The largest absolute Gasteiger partial charge is 0.444 e. The van der Waals surface area contributed by atoms with Gasteiger partial charge in [-0.15, -0.1) is 0 Å². The van der Waals surface area contributed by atoms with Gasteiger partial charge in [0.15, 0.2) is 17.2 Å². The highest BCUT2D eigenvalue weighted by atomic mass is 19.1. The zero-order chi connectivity index (χ0) is 34.3. The van der Waals surface area contributed by atoms with Gasteiger partial charge in [-0.05, 0) is 83.1 Å². The van der Waals surface area contributed by atoms with Crippen LogP contribution in [-0.2, 0) is 16.0 Å². The van der Waals surface area contributed by atoms with Crippen LogP contribution in [-0.4, -0.2) is 58.4 Å². The molecule has 0 saturated carbocycles. The third kappa shape index (κ3) is 8.69. The number of carbonyl (C=O) groups excluding carboxylic acids is 2. The predicted molar refractivity (Wildman–Crippen MR) is 180 cm³/mol. The number of halogens is 1. The summed E-state index contributed by atoms with van der Waals surface area (Å²) < 4.78 is 18.8. The highest BCUT2D eigenvalue weighted by molar-refractivity contribution is 5.88. The van der Waals surface area contributed by atoms with Crippen LogP contribution < -0.4 is 10.6 Å². The molecular formula is C35H36FN9O3. The Hall–Kier alpha value is -5.85. The van der Waals surface area contributed by atoms with E-state index >= 15 is 0 Å². The zero-order valence-corrected chi connectivity index (χ0v) is 27.2. The number of hydrogen-bond acceptors (Lipinski definition) is 10. The van der Waals surface area contributed by atoms with Crippen LogP contribution >= 0.6 is 0 Å². The molecule has 0 aliphatic rings. The number of alkyl carbamates (subject to hydrolysis) is 1. The standard InChI is InChI=1S/C21H16FN7.C14H20N2O3/c1-12(28-21-19-20(25-10-24-19)26-11-27-21)18-15(17-4-2-3-7-23-17)9-13-8-14(22)5-6-16(13)29-18;1-10(16-13(18)19-14(2,3)4)12(17)9-11-7-5-6-8-15-11/h2-12H,1H3,(H2,24,25,26,27,28);5-8,10H,9H2,1-4H3,(H,16,18)/t12-;/m1./s1. The van der Waals surface area contributed by atoms with Crippen LogP contribution in [0.5, 0.6) is 0 Å². The average Bonchev–Trinajstić information content (AvgIpc) is 3.54. The van der Waals surface area contributed by atoms with Crippen molar-refractivity contribution in [3.8, 4) is 11.3 Å². The number of ketones is 1. The molecule has 0 fully saturated rings. The van der Waals surface area contributed by atoms with Gasteiger partial charge in [-0.25, -0.2) is 29.1 Å². The van der Waals surface area contributed by atoms with Gasteiger partial charge >= 0.3 is 6.09 Å². The number of nitrogens with one attached hydrogen (secondary N) is 3.